The zero-order valence-corrected chi connectivity index (χ0v) is 27.2. The van der Waals surface area contributed by atoms with Crippen LogP contribution < -0.4 is 0 Å². The monoisotopic (exact) mass is 622 g/mol. The highest BCUT2D eigenvalue weighted by atomic mass is 14.2. The molecule has 0 radical (unpaired) electrons. The molecule has 0 aromatic heterocycles. The first-order chi connectivity index (χ1) is 24.2. The van der Waals surface area contributed by atoms with Crippen molar-refractivity contribution in [2.24, 2.45) is 0 Å². The Balaban J connectivity index is 0.885. The summed E-state index contributed by atoms with van der Waals surface area (Å²) < 4.78 is 0. The predicted molar refractivity (Wildman–Crippen MR) is 211 cm³/mol. The summed E-state index contributed by atoms with van der Waals surface area (Å²) in [6, 6.07) is 62.0. The first-order valence-electron chi connectivity index (χ1n) is 17.0. The Hall–Kier alpha value is -6.24. The Kier molecular flexibility index (Phi) is 7.33. The predicted octanol–water partition coefficient (Wildman–Crippen LogP) is 13.2. The summed E-state index contributed by atoms with van der Waals surface area (Å²) >= 11 is 0. The smallest absolute Gasteiger partial charge is 0.00130 e. The minimum absolute atomic E-state index is 0.964. The second kappa shape index (κ2) is 12.4. The summed E-state index contributed by atoms with van der Waals surface area (Å²) in [4.78, 5) is 0. The van der Waals surface area contributed by atoms with Gasteiger partial charge in [-0.2, -0.15) is 0 Å². The summed E-state index contributed by atoms with van der Waals surface area (Å²) in [5.41, 5.74) is 15.4. The van der Waals surface area contributed by atoms with Gasteiger partial charge in [0, 0.05) is 0 Å². The summed E-state index contributed by atoms with van der Waals surface area (Å²) in [6.45, 7) is 0. The quantitative estimate of drug-likeness (QED) is 0.162. The standard InChI is InChI=1S/C49H34/c1-3-7-42-29-36(17-23-38(42)5-1)11-9-34-13-19-40(20-14-34)44-25-27-48-46(31-44)33-47-32-45(26-28-49(47)48)41-21-15-35(16-22-41)10-12-37-18-24-39-6-2-4-8-43(39)30-37/h1-32H,33H2. The minimum Gasteiger partial charge on any atom is -0.0616 e. The topological polar surface area (TPSA) is 0 Å². The molecule has 1 aliphatic rings. The van der Waals surface area contributed by atoms with Crippen molar-refractivity contribution in [3.8, 4) is 33.4 Å². The fourth-order valence-electron chi connectivity index (χ4n) is 7.15. The highest BCUT2D eigenvalue weighted by molar-refractivity contribution is 5.88. The molecular weight excluding hydrogens is 589 g/mol. The molecule has 0 saturated carbocycles. The number of hydrogen-bond donors (Lipinski definition) is 0. The summed E-state index contributed by atoms with van der Waals surface area (Å²) in [6.07, 6.45) is 9.75. The van der Waals surface area contributed by atoms with Gasteiger partial charge in [0.15, 0.2) is 0 Å². The van der Waals surface area contributed by atoms with Gasteiger partial charge in [0.2, 0.25) is 0 Å². The lowest BCUT2D eigenvalue weighted by Gasteiger charge is -2.07. The molecule has 0 bridgehead atoms. The van der Waals surface area contributed by atoms with Crippen LogP contribution in [0.1, 0.15) is 33.4 Å². The van der Waals surface area contributed by atoms with Gasteiger partial charge in [0.1, 0.15) is 0 Å². The van der Waals surface area contributed by atoms with Crippen LogP contribution in [0.15, 0.2) is 170 Å². The first kappa shape index (κ1) is 28.9. The van der Waals surface area contributed by atoms with Crippen LogP contribution in [0.3, 0.4) is 0 Å². The molecule has 0 atom stereocenters. The van der Waals surface area contributed by atoms with E-state index in [2.05, 4.69) is 194 Å². The number of hydrogen-bond acceptors (Lipinski definition) is 0. The van der Waals surface area contributed by atoms with Gasteiger partial charge in [-0.05, 0) is 107 Å². The van der Waals surface area contributed by atoms with E-state index < -0.39 is 0 Å². The molecule has 1 aliphatic carbocycles. The Morgan fingerprint density at radius 1 is 0.286 bits per heavy atom. The van der Waals surface area contributed by atoms with E-state index in [1.807, 2.05) is 0 Å². The van der Waals surface area contributed by atoms with Gasteiger partial charge < -0.3 is 0 Å². The third kappa shape index (κ3) is 5.90. The van der Waals surface area contributed by atoms with Crippen molar-refractivity contribution >= 4 is 45.8 Å². The number of fused-ring (bicyclic) bond motifs is 5. The van der Waals surface area contributed by atoms with Crippen LogP contribution in [-0.2, 0) is 6.42 Å². The molecule has 0 aliphatic heterocycles. The Morgan fingerprint density at radius 2 is 0.653 bits per heavy atom. The van der Waals surface area contributed by atoms with E-state index in [-0.39, 0.29) is 0 Å². The molecule has 49 heavy (non-hydrogen) atoms. The molecule has 0 amide bonds. The van der Waals surface area contributed by atoms with Gasteiger partial charge in [-0.15, -0.1) is 0 Å². The van der Waals surface area contributed by atoms with Crippen LogP contribution in [0, 0.1) is 0 Å². The molecule has 0 N–H and O–H groups in total. The average Bonchev–Trinajstić information content (AvgIpc) is 3.54. The van der Waals surface area contributed by atoms with Crippen molar-refractivity contribution < 1.29 is 0 Å². The minimum atomic E-state index is 0.964. The second-order valence-corrected chi connectivity index (χ2v) is 13.0. The summed E-state index contributed by atoms with van der Waals surface area (Å²) in [5.74, 6) is 0. The van der Waals surface area contributed by atoms with E-state index in [1.165, 1.54) is 88.3 Å². The first-order valence-corrected chi connectivity index (χ1v) is 17.0. The summed E-state index contributed by atoms with van der Waals surface area (Å²) in [5, 5.41) is 5.08. The lowest BCUT2D eigenvalue weighted by molar-refractivity contribution is 1.26. The van der Waals surface area contributed by atoms with Gasteiger partial charge in [0.05, 0.1) is 0 Å². The molecule has 9 rings (SSSR count). The van der Waals surface area contributed by atoms with Crippen LogP contribution >= 0.6 is 0 Å². The van der Waals surface area contributed by atoms with Crippen molar-refractivity contribution in [3.05, 3.63) is 203 Å². The van der Waals surface area contributed by atoms with E-state index >= 15 is 0 Å². The molecule has 8 aromatic rings. The van der Waals surface area contributed by atoms with E-state index in [0.29, 0.717) is 0 Å². The molecule has 0 heteroatoms. The SMILES string of the molecule is C(=Cc1ccc2ccccc2c1)c1ccc(-c2ccc3c(c2)Cc2cc(-c4ccc(C=Cc5ccc6ccccc6c5)cc4)ccc2-3)cc1. The Morgan fingerprint density at radius 3 is 1.10 bits per heavy atom. The second-order valence-electron chi connectivity index (χ2n) is 13.0. The molecule has 0 saturated heterocycles. The van der Waals surface area contributed by atoms with Crippen LogP contribution in [0.2, 0.25) is 0 Å². The maximum Gasteiger partial charge on any atom is -0.00130 e. The molecule has 230 valence electrons. The third-order valence-electron chi connectivity index (χ3n) is 9.85. The molecule has 0 spiro atoms. The van der Waals surface area contributed by atoms with Gasteiger partial charge in [-0.25, -0.2) is 0 Å². The van der Waals surface area contributed by atoms with Crippen LogP contribution in [0.25, 0.3) is 79.2 Å². The zero-order valence-electron chi connectivity index (χ0n) is 27.2. The van der Waals surface area contributed by atoms with Crippen LogP contribution in [-0.4, -0.2) is 0 Å². The van der Waals surface area contributed by atoms with E-state index in [9.17, 15) is 0 Å². The summed E-state index contributed by atoms with van der Waals surface area (Å²) in [7, 11) is 0. The zero-order chi connectivity index (χ0) is 32.6. The Bertz CT molecular complexity index is 2360. The van der Waals surface area contributed by atoms with E-state index in [1.54, 1.807) is 0 Å². The van der Waals surface area contributed by atoms with Gasteiger partial charge in [-0.3, -0.25) is 0 Å². The average molecular weight is 623 g/mol. The molecule has 0 heterocycles. The highest BCUT2D eigenvalue weighted by Gasteiger charge is 2.19. The fraction of sp³-hybridized carbons (Fsp3) is 0.0204. The van der Waals surface area contributed by atoms with Crippen molar-refractivity contribution in [2.45, 2.75) is 6.42 Å². The van der Waals surface area contributed by atoms with Crippen LogP contribution in [0.5, 0.6) is 0 Å². The van der Waals surface area contributed by atoms with Crippen molar-refractivity contribution in [3.63, 3.8) is 0 Å². The maximum atomic E-state index is 2.38. The van der Waals surface area contributed by atoms with Gasteiger partial charge in [0.25, 0.3) is 0 Å². The van der Waals surface area contributed by atoms with Crippen molar-refractivity contribution in [1.29, 1.82) is 0 Å². The molecule has 0 fully saturated rings. The molecule has 0 unspecified atom stereocenters. The van der Waals surface area contributed by atoms with Gasteiger partial charge >= 0.3 is 0 Å². The number of rotatable bonds is 6. The normalized spacial score (nSPS) is 12.2. The third-order valence-corrected chi connectivity index (χ3v) is 9.85. The lowest BCUT2D eigenvalue weighted by Crippen LogP contribution is -1.85. The van der Waals surface area contributed by atoms with Crippen LogP contribution in [0.4, 0.5) is 0 Å². The fourth-order valence-corrected chi connectivity index (χ4v) is 7.15. The highest BCUT2D eigenvalue weighted by Crippen LogP contribution is 2.40. The van der Waals surface area contributed by atoms with E-state index in [4.69, 9.17) is 0 Å². The van der Waals surface area contributed by atoms with Gasteiger partial charge in [-0.1, -0.05) is 182 Å². The number of benzene rings is 8. The molecular formula is C49H34. The lowest BCUT2D eigenvalue weighted by atomic mass is 9.97. The van der Waals surface area contributed by atoms with Crippen molar-refractivity contribution in [2.75, 3.05) is 0 Å². The maximum absolute atomic E-state index is 2.38. The largest absolute Gasteiger partial charge is 0.0616 e. The molecule has 0 nitrogen and oxygen atoms in total. The van der Waals surface area contributed by atoms with E-state index in [0.717, 1.165) is 6.42 Å². The molecule has 8 aromatic carbocycles. The van der Waals surface area contributed by atoms with Crippen molar-refractivity contribution in [1.82, 2.24) is 0 Å². The Labute approximate surface area is 288 Å².